The Morgan fingerprint density at radius 3 is 2.49 bits per heavy atom. The molecule has 0 fully saturated rings. The first-order valence-corrected chi connectivity index (χ1v) is 12.5. The van der Waals surface area contributed by atoms with Gasteiger partial charge in [0.2, 0.25) is 0 Å². The zero-order chi connectivity index (χ0) is 25.2. The molecule has 0 spiro atoms. The quantitative estimate of drug-likeness (QED) is 0.286. The second-order valence-electron chi connectivity index (χ2n) is 8.33. The molecule has 182 valence electrons. The van der Waals surface area contributed by atoms with Crippen molar-refractivity contribution in [3.05, 3.63) is 94.0 Å². The number of hydrogen-bond donors (Lipinski definition) is 3. The Morgan fingerprint density at radius 2 is 1.74 bits per heavy atom. The minimum atomic E-state index is -0.389. The SMILES string of the molecule is CC(C)CCOc1ccc(Br)cc1C(=O)NC(=S)Nc1cccc(C(=O)NCc2ccccc2)c1. The second kappa shape index (κ2) is 13.0. The minimum absolute atomic E-state index is 0.116. The standard InChI is InChI=1S/C27H28BrN3O3S/c1-18(2)13-14-34-24-12-11-21(28)16-23(24)26(33)31-27(35)30-22-10-6-9-20(15-22)25(32)29-17-19-7-4-3-5-8-19/h3-12,15-16,18H,13-14,17H2,1-2H3,(H,29,32)(H2,30,31,33,35). The molecule has 0 unspecified atom stereocenters. The lowest BCUT2D eigenvalue weighted by Crippen LogP contribution is -2.34. The molecular weight excluding hydrogens is 526 g/mol. The zero-order valence-electron chi connectivity index (χ0n) is 19.6. The summed E-state index contributed by atoms with van der Waals surface area (Å²) in [6.45, 7) is 5.18. The van der Waals surface area contributed by atoms with E-state index in [9.17, 15) is 9.59 Å². The maximum absolute atomic E-state index is 12.9. The van der Waals surface area contributed by atoms with Crippen LogP contribution in [-0.2, 0) is 6.54 Å². The van der Waals surface area contributed by atoms with E-state index in [4.69, 9.17) is 17.0 Å². The molecule has 0 saturated heterocycles. The van der Waals surface area contributed by atoms with E-state index in [2.05, 4.69) is 45.7 Å². The summed E-state index contributed by atoms with van der Waals surface area (Å²) in [5, 5.41) is 8.67. The van der Waals surface area contributed by atoms with Crippen molar-refractivity contribution in [3.8, 4) is 5.75 Å². The van der Waals surface area contributed by atoms with Gasteiger partial charge in [0.05, 0.1) is 12.2 Å². The van der Waals surface area contributed by atoms with Crippen LogP contribution in [0.1, 0.15) is 46.5 Å². The number of rotatable bonds is 9. The number of halogens is 1. The molecule has 0 bridgehead atoms. The lowest BCUT2D eigenvalue weighted by Gasteiger charge is -2.14. The minimum Gasteiger partial charge on any atom is -0.493 e. The number of carbonyl (C=O) groups is 2. The molecule has 2 amide bonds. The van der Waals surface area contributed by atoms with Crippen molar-refractivity contribution in [3.63, 3.8) is 0 Å². The molecule has 0 atom stereocenters. The number of carbonyl (C=O) groups excluding carboxylic acids is 2. The van der Waals surface area contributed by atoms with Crippen LogP contribution in [-0.4, -0.2) is 23.5 Å². The molecule has 3 aromatic carbocycles. The van der Waals surface area contributed by atoms with Gasteiger partial charge in [0.25, 0.3) is 11.8 Å². The number of anilines is 1. The van der Waals surface area contributed by atoms with Gasteiger partial charge >= 0.3 is 0 Å². The smallest absolute Gasteiger partial charge is 0.261 e. The number of hydrogen-bond acceptors (Lipinski definition) is 4. The largest absolute Gasteiger partial charge is 0.493 e. The summed E-state index contributed by atoms with van der Waals surface area (Å²) in [5.41, 5.74) is 2.46. The molecule has 0 aromatic heterocycles. The van der Waals surface area contributed by atoms with Crippen LogP contribution in [0.15, 0.2) is 77.3 Å². The number of amides is 2. The third-order valence-electron chi connectivity index (χ3n) is 5.04. The maximum Gasteiger partial charge on any atom is 0.261 e. The van der Waals surface area contributed by atoms with Crippen LogP contribution in [0, 0.1) is 5.92 Å². The van der Waals surface area contributed by atoms with E-state index in [1.807, 2.05) is 36.4 Å². The Hall–Kier alpha value is -3.23. The monoisotopic (exact) mass is 553 g/mol. The average molecular weight is 555 g/mol. The van der Waals surface area contributed by atoms with Crippen LogP contribution in [0.5, 0.6) is 5.75 Å². The zero-order valence-corrected chi connectivity index (χ0v) is 22.0. The first-order chi connectivity index (χ1) is 16.8. The van der Waals surface area contributed by atoms with Crippen LogP contribution in [0.3, 0.4) is 0 Å². The number of benzene rings is 3. The highest BCUT2D eigenvalue weighted by atomic mass is 79.9. The van der Waals surface area contributed by atoms with E-state index in [1.54, 1.807) is 36.4 Å². The van der Waals surface area contributed by atoms with E-state index >= 15 is 0 Å². The molecule has 0 aliphatic heterocycles. The van der Waals surface area contributed by atoms with Gasteiger partial charge in [-0.05, 0) is 66.5 Å². The predicted molar refractivity (Wildman–Crippen MR) is 147 cm³/mol. The first-order valence-electron chi connectivity index (χ1n) is 11.3. The fourth-order valence-corrected chi connectivity index (χ4v) is 3.73. The van der Waals surface area contributed by atoms with Crippen molar-refractivity contribution in [1.82, 2.24) is 10.6 Å². The summed E-state index contributed by atoms with van der Waals surface area (Å²) in [4.78, 5) is 25.5. The van der Waals surface area contributed by atoms with Crippen LogP contribution in [0.25, 0.3) is 0 Å². The Bertz CT molecular complexity index is 1190. The van der Waals surface area contributed by atoms with Crippen molar-refractivity contribution in [2.24, 2.45) is 5.92 Å². The molecule has 0 radical (unpaired) electrons. The Balaban J connectivity index is 1.60. The lowest BCUT2D eigenvalue weighted by atomic mass is 10.1. The molecular formula is C27H28BrN3O3S. The van der Waals surface area contributed by atoms with Crippen molar-refractivity contribution >= 4 is 50.8 Å². The molecule has 3 rings (SSSR count). The van der Waals surface area contributed by atoms with Crippen molar-refractivity contribution in [2.75, 3.05) is 11.9 Å². The molecule has 0 saturated carbocycles. The average Bonchev–Trinajstić information content (AvgIpc) is 2.84. The van der Waals surface area contributed by atoms with E-state index in [-0.39, 0.29) is 16.9 Å². The summed E-state index contributed by atoms with van der Waals surface area (Å²) in [6, 6.07) is 21.9. The highest BCUT2D eigenvalue weighted by molar-refractivity contribution is 9.10. The Labute approximate surface area is 219 Å². The van der Waals surface area contributed by atoms with E-state index in [1.165, 1.54) is 0 Å². The van der Waals surface area contributed by atoms with Gasteiger partial charge in [-0.25, -0.2) is 0 Å². The molecule has 35 heavy (non-hydrogen) atoms. The van der Waals surface area contributed by atoms with Crippen LogP contribution in [0.4, 0.5) is 5.69 Å². The number of nitrogens with one attached hydrogen (secondary N) is 3. The lowest BCUT2D eigenvalue weighted by molar-refractivity contribution is 0.0948. The number of ether oxygens (including phenoxy) is 1. The van der Waals surface area contributed by atoms with Crippen LogP contribution < -0.4 is 20.7 Å². The third-order valence-corrected chi connectivity index (χ3v) is 5.74. The summed E-state index contributed by atoms with van der Waals surface area (Å²) in [7, 11) is 0. The summed E-state index contributed by atoms with van der Waals surface area (Å²) < 4.78 is 6.59. The first kappa shape index (κ1) is 26.4. The van der Waals surface area contributed by atoms with Gasteiger partial charge in [0, 0.05) is 22.3 Å². The molecule has 0 heterocycles. The molecule has 0 aliphatic rings. The van der Waals surface area contributed by atoms with Crippen LogP contribution in [0.2, 0.25) is 0 Å². The molecule has 3 aromatic rings. The third kappa shape index (κ3) is 8.49. The molecule has 8 heteroatoms. The van der Waals surface area contributed by atoms with E-state index < -0.39 is 0 Å². The normalized spacial score (nSPS) is 10.5. The predicted octanol–water partition coefficient (Wildman–Crippen LogP) is 5.93. The summed E-state index contributed by atoms with van der Waals surface area (Å²) in [6.07, 6.45) is 0.881. The Kier molecular flexibility index (Phi) is 9.81. The van der Waals surface area contributed by atoms with E-state index in [0.29, 0.717) is 41.6 Å². The molecule has 3 N–H and O–H groups in total. The highest BCUT2D eigenvalue weighted by Crippen LogP contribution is 2.24. The molecule has 6 nitrogen and oxygen atoms in total. The fraction of sp³-hybridized carbons (Fsp3) is 0.222. The van der Waals surface area contributed by atoms with Gasteiger partial charge in [0.15, 0.2) is 5.11 Å². The maximum atomic E-state index is 12.9. The van der Waals surface area contributed by atoms with Gasteiger partial charge < -0.3 is 15.4 Å². The fourth-order valence-electron chi connectivity index (χ4n) is 3.16. The van der Waals surface area contributed by atoms with Crippen molar-refractivity contribution < 1.29 is 14.3 Å². The van der Waals surface area contributed by atoms with Gasteiger partial charge in [-0.3, -0.25) is 14.9 Å². The van der Waals surface area contributed by atoms with Gasteiger partial charge in [-0.15, -0.1) is 0 Å². The molecule has 0 aliphatic carbocycles. The Morgan fingerprint density at radius 1 is 0.971 bits per heavy atom. The van der Waals surface area contributed by atoms with Crippen molar-refractivity contribution in [2.45, 2.75) is 26.8 Å². The van der Waals surface area contributed by atoms with Crippen molar-refractivity contribution in [1.29, 1.82) is 0 Å². The van der Waals surface area contributed by atoms with Gasteiger partial charge in [0.1, 0.15) is 5.75 Å². The number of thiocarbonyl (C=S) groups is 1. The summed E-state index contributed by atoms with van der Waals surface area (Å²) in [5.74, 6) is 0.395. The highest BCUT2D eigenvalue weighted by Gasteiger charge is 2.15. The summed E-state index contributed by atoms with van der Waals surface area (Å²) >= 11 is 8.74. The second-order valence-corrected chi connectivity index (χ2v) is 9.65. The van der Waals surface area contributed by atoms with Gasteiger partial charge in [-0.1, -0.05) is 66.2 Å². The van der Waals surface area contributed by atoms with Gasteiger partial charge in [-0.2, -0.15) is 0 Å². The van der Waals surface area contributed by atoms with Crippen LogP contribution >= 0.6 is 28.1 Å². The topological polar surface area (TPSA) is 79.5 Å². The van der Waals surface area contributed by atoms with E-state index in [0.717, 1.165) is 16.5 Å².